The smallest absolute Gasteiger partial charge is 0.250 e. The lowest BCUT2D eigenvalue weighted by Gasteiger charge is -1.94. The summed E-state index contributed by atoms with van der Waals surface area (Å²) in [5.74, 6) is 0. The maximum absolute atomic E-state index is 11.0. The van der Waals surface area contributed by atoms with Gasteiger partial charge in [-0.05, 0) is 0 Å². The average molecular weight is 185 g/mol. The lowest BCUT2D eigenvalue weighted by molar-refractivity contribution is 0.585. The van der Waals surface area contributed by atoms with Crippen LogP contribution >= 0.6 is 0 Å². The van der Waals surface area contributed by atoms with Crippen molar-refractivity contribution in [3.8, 4) is 0 Å². The first-order valence-corrected chi connectivity index (χ1v) is 5.21. The Morgan fingerprint density at radius 2 is 2.33 bits per heavy atom. The minimum absolute atomic E-state index is 0.484. The predicted octanol–water partition coefficient (Wildman–Crippen LogP) is -0.377. The lowest BCUT2D eigenvalue weighted by atomic mass is 10.3. The van der Waals surface area contributed by atoms with Gasteiger partial charge in [0.1, 0.15) is 0 Å². The molecule has 2 heterocycles. The summed E-state index contributed by atoms with van der Waals surface area (Å²) < 4.78 is 23.0. The minimum atomic E-state index is -3.24. The fourth-order valence-electron chi connectivity index (χ4n) is 1.03. The maximum Gasteiger partial charge on any atom is 0.250 e. The fourth-order valence-corrected chi connectivity index (χ4v) is 1.58. The second-order valence-corrected chi connectivity index (χ2v) is 4.48. The van der Waals surface area contributed by atoms with E-state index in [2.05, 4.69) is 10.1 Å². The van der Waals surface area contributed by atoms with E-state index in [9.17, 15) is 8.42 Å². The quantitative estimate of drug-likeness (QED) is 0.599. The van der Waals surface area contributed by atoms with Gasteiger partial charge in [-0.1, -0.05) is 0 Å². The molecular formula is C6H7N3O2S. The van der Waals surface area contributed by atoms with E-state index in [0.717, 1.165) is 21.6 Å². The predicted molar refractivity (Wildman–Crippen MR) is 43.8 cm³/mol. The van der Waals surface area contributed by atoms with Gasteiger partial charge in [0, 0.05) is 11.8 Å². The SMILES string of the molecule is CS(=O)(=O)n1cc2c(n1)CN=C2. The highest BCUT2D eigenvalue weighted by Crippen LogP contribution is 2.12. The Kier molecular flexibility index (Phi) is 1.35. The second-order valence-electron chi connectivity index (χ2n) is 2.64. The summed E-state index contributed by atoms with van der Waals surface area (Å²) in [6.45, 7) is 0.484. The molecule has 2 rings (SSSR count). The summed E-state index contributed by atoms with van der Waals surface area (Å²) in [6.07, 6.45) is 4.22. The van der Waals surface area contributed by atoms with Crippen LogP contribution in [0.25, 0.3) is 0 Å². The molecular weight excluding hydrogens is 178 g/mol. The summed E-state index contributed by atoms with van der Waals surface area (Å²) in [5, 5.41) is 3.87. The van der Waals surface area contributed by atoms with Crippen molar-refractivity contribution < 1.29 is 8.42 Å². The standard InChI is InChI=1S/C6H7N3O2S/c1-12(10,11)9-4-5-2-7-3-6(5)8-9/h2,4H,3H2,1H3. The molecule has 0 saturated heterocycles. The molecule has 0 N–H and O–H groups in total. The largest absolute Gasteiger partial charge is 0.286 e. The number of nitrogens with zero attached hydrogens (tertiary/aromatic N) is 3. The van der Waals surface area contributed by atoms with Gasteiger partial charge in [-0.25, -0.2) is 8.42 Å². The Balaban J connectivity index is 2.58. The van der Waals surface area contributed by atoms with E-state index < -0.39 is 10.0 Å². The number of hydrogen-bond acceptors (Lipinski definition) is 4. The summed E-state index contributed by atoms with van der Waals surface area (Å²) in [6, 6.07) is 0. The molecule has 0 aromatic carbocycles. The molecule has 0 saturated carbocycles. The zero-order valence-electron chi connectivity index (χ0n) is 6.43. The Hall–Kier alpha value is -1.17. The van der Waals surface area contributed by atoms with Crippen LogP contribution in [-0.2, 0) is 16.6 Å². The third-order valence-corrected chi connectivity index (χ3v) is 2.48. The van der Waals surface area contributed by atoms with Gasteiger partial charge >= 0.3 is 0 Å². The number of rotatable bonds is 1. The molecule has 0 spiro atoms. The number of hydrogen-bond donors (Lipinski definition) is 0. The number of fused-ring (bicyclic) bond motifs is 1. The number of aromatic nitrogens is 2. The first kappa shape index (κ1) is 7.48. The van der Waals surface area contributed by atoms with Crippen molar-refractivity contribution >= 4 is 16.2 Å². The van der Waals surface area contributed by atoms with E-state index in [1.165, 1.54) is 6.20 Å². The van der Waals surface area contributed by atoms with E-state index in [1.807, 2.05) is 0 Å². The summed E-state index contributed by atoms with van der Waals surface area (Å²) in [7, 11) is -3.24. The topological polar surface area (TPSA) is 64.3 Å². The van der Waals surface area contributed by atoms with Crippen LogP contribution in [0.1, 0.15) is 11.3 Å². The van der Waals surface area contributed by atoms with Crippen LogP contribution in [0.4, 0.5) is 0 Å². The van der Waals surface area contributed by atoms with Crippen LogP contribution in [-0.4, -0.2) is 30.1 Å². The van der Waals surface area contributed by atoms with Gasteiger partial charge in [0.15, 0.2) is 0 Å². The Bertz CT molecular complexity index is 443. The van der Waals surface area contributed by atoms with Crippen molar-refractivity contribution in [3.05, 3.63) is 17.5 Å². The van der Waals surface area contributed by atoms with E-state index in [0.29, 0.717) is 6.54 Å². The molecule has 1 aromatic rings. The molecule has 0 unspecified atom stereocenters. The monoisotopic (exact) mass is 185 g/mol. The van der Waals surface area contributed by atoms with Crippen LogP contribution in [0.15, 0.2) is 11.2 Å². The highest BCUT2D eigenvalue weighted by Gasteiger charge is 2.15. The van der Waals surface area contributed by atoms with Gasteiger partial charge < -0.3 is 0 Å². The van der Waals surface area contributed by atoms with Gasteiger partial charge in [0.25, 0.3) is 10.0 Å². The molecule has 1 aromatic heterocycles. The van der Waals surface area contributed by atoms with Crippen LogP contribution in [0, 0.1) is 0 Å². The third kappa shape index (κ3) is 1.04. The normalized spacial score (nSPS) is 15.1. The van der Waals surface area contributed by atoms with Crippen molar-refractivity contribution in [2.45, 2.75) is 6.54 Å². The number of aliphatic imine (C=N–C) groups is 1. The minimum Gasteiger partial charge on any atom is -0.286 e. The molecule has 64 valence electrons. The first-order chi connectivity index (χ1) is 5.57. The van der Waals surface area contributed by atoms with Crippen molar-refractivity contribution in [3.63, 3.8) is 0 Å². The van der Waals surface area contributed by atoms with Crippen LogP contribution < -0.4 is 0 Å². The van der Waals surface area contributed by atoms with Crippen molar-refractivity contribution in [1.82, 2.24) is 9.19 Å². The van der Waals surface area contributed by atoms with Gasteiger partial charge in [-0.15, -0.1) is 0 Å². The molecule has 1 aliphatic heterocycles. The van der Waals surface area contributed by atoms with E-state index >= 15 is 0 Å². The van der Waals surface area contributed by atoms with Crippen LogP contribution in [0.5, 0.6) is 0 Å². The van der Waals surface area contributed by atoms with Gasteiger partial charge in [0.2, 0.25) is 0 Å². The zero-order chi connectivity index (χ0) is 8.77. The molecule has 6 heteroatoms. The Labute approximate surface area is 69.8 Å². The molecule has 0 fully saturated rings. The Morgan fingerprint density at radius 3 is 2.92 bits per heavy atom. The highest BCUT2D eigenvalue weighted by molar-refractivity contribution is 7.89. The highest BCUT2D eigenvalue weighted by atomic mass is 32.2. The van der Waals surface area contributed by atoms with Crippen molar-refractivity contribution in [2.24, 2.45) is 4.99 Å². The molecule has 0 amide bonds. The molecule has 1 aliphatic rings. The van der Waals surface area contributed by atoms with Crippen molar-refractivity contribution in [2.75, 3.05) is 6.26 Å². The summed E-state index contributed by atoms with van der Waals surface area (Å²) in [4.78, 5) is 3.94. The fraction of sp³-hybridized carbons (Fsp3) is 0.333. The van der Waals surface area contributed by atoms with E-state index in [-0.39, 0.29) is 0 Å². The first-order valence-electron chi connectivity index (χ1n) is 3.36. The molecule has 0 bridgehead atoms. The molecule has 0 radical (unpaired) electrons. The lowest BCUT2D eigenvalue weighted by Crippen LogP contribution is -2.10. The van der Waals surface area contributed by atoms with Gasteiger partial charge in [-0.3, -0.25) is 4.99 Å². The molecule has 5 nitrogen and oxygen atoms in total. The summed E-state index contributed by atoms with van der Waals surface area (Å²) in [5.41, 5.74) is 1.51. The summed E-state index contributed by atoms with van der Waals surface area (Å²) >= 11 is 0. The van der Waals surface area contributed by atoms with Gasteiger partial charge in [0.05, 0.1) is 24.7 Å². The van der Waals surface area contributed by atoms with Gasteiger partial charge in [-0.2, -0.15) is 9.19 Å². The second kappa shape index (κ2) is 2.16. The molecule has 0 atom stereocenters. The van der Waals surface area contributed by atoms with E-state index in [1.54, 1.807) is 6.21 Å². The molecule has 0 aliphatic carbocycles. The molecule has 12 heavy (non-hydrogen) atoms. The van der Waals surface area contributed by atoms with Crippen LogP contribution in [0.2, 0.25) is 0 Å². The third-order valence-electron chi connectivity index (χ3n) is 1.61. The van der Waals surface area contributed by atoms with Crippen molar-refractivity contribution in [1.29, 1.82) is 0 Å². The van der Waals surface area contributed by atoms with E-state index in [4.69, 9.17) is 0 Å². The average Bonchev–Trinajstić information content (AvgIpc) is 2.37. The Morgan fingerprint density at radius 1 is 1.58 bits per heavy atom. The maximum atomic E-state index is 11.0. The van der Waals surface area contributed by atoms with Crippen LogP contribution in [0.3, 0.4) is 0 Å². The zero-order valence-corrected chi connectivity index (χ0v) is 7.24.